The van der Waals surface area contributed by atoms with Gasteiger partial charge in [0.05, 0.1) is 18.4 Å². The summed E-state index contributed by atoms with van der Waals surface area (Å²) in [5.41, 5.74) is 0.355. The van der Waals surface area contributed by atoms with Gasteiger partial charge in [0, 0.05) is 17.7 Å². The van der Waals surface area contributed by atoms with Crippen LogP contribution in [0.15, 0.2) is 18.2 Å². The fourth-order valence-electron chi connectivity index (χ4n) is 1.92. The first-order chi connectivity index (χ1) is 9.11. The van der Waals surface area contributed by atoms with Crippen LogP contribution in [-0.2, 0) is 4.79 Å². The van der Waals surface area contributed by atoms with Gasteiger partial charge in [-0.05, 0) is 24.3 Å². The molecule has 0 aliphatic carbocycles. The summed E-state index contributed by atoms with van der Waals surface area (Å²) in [6.07, 6.45) is 0.836. The number of rotatable bonds is 4. The molecule has 1 aliphatic rings. The third-order valence-corrected chi connectivity index (χ3v) is 4.18. The largest absolute Gasteiger partial charge is 0.497 e. The molecule has 0 bridgehead atoms. The molecule has 1 aromatic rings. The molecule has 1 fully saturated rings. The normalized spacial score (nSPS) is 18.1. The number of aromatic carboxylic acids is 1. The summed E-state index contributed by atoms with van der Waals surface area (Å²) in [4.78, 5) is 23.2. The molecule has 102 valence electrons. The Kier molecular flexibility index (Phi) is 4.31. The standard InChI is InChI=1S/C13H15NO4S/c1-18-9-2-3-10(13(16)17)11(6-9)14-12(15)8-4-5-19-7-8/h2-3,6,8H,4-5,7H2,1H3,(H,14,15)(H,16,17). The predicted molar refractivity (Wildman–Crippen MR) is 74.0 cm³/mol. The van der Waals surface area contributed by atoms with Crippen LogP contribution >= 0.6 is 11.8 Å². The van der Waals surface area contributed by atoms with E-state index < -0.39 is 5.97 Å². The summed E-state index contributed by atoms with van der Waals surface area (Å²) in [5, 5.41) is 11.8. The van der Waals surface area contributed by atoms with Gasteiger partial charge >= 0.3 is 5.97 Å². The zero-order valence-corrected chi connectivity index (χ0v) is 11.3. The maximum Gasteiger partial charge on any atom is 0.337 e. The van der Waals surface area contributed by atoms with Crippen LogP contribution in [0.25, 0.3) is 0 Å². The lowest BCUT2D eigenvalue weighted by Crippen LogP contribution is -2.23. The average Bonchev–Trinajstić information content (AvgIpc) is 2.92. The quantitative estimate of drug-likeness (QED) is 0.883. The Morgan fingerprint density at radius 3 is 2.84 bits per heavy atom. The second-order valence-corrected chi connectivity index (χ2v) is 5.42. The summed E-state index contributed by atoms with van der Waals surface area (Å²) in [6.45, 7) is 0. The van der Waals surface area contributed by atoms with Crippen LogP contribution in [0.2, 0.25) is 0 Å². The molecule has 2 N–H and O–H groups in total. The Hall–Kier alpha value is -1.69. The van der Waals surface area contributed by atoms with Crippen LogP contribution in [0.5, 0.6) is 5.75 Å². The van der Waals surface area contributed by atoms with Crippen molar-refractivity contribution in [2.75, 3.05) is 23.9 Å². The van der Waals surface area contributed by atoms with E-state index in [1.54, 1.807) is 17.8 Å². The highest BCUT2D eigenvalue weighted by Gasteiger charge is 2.24. The molecule has 1 atom stereocenters. The molecule has 0 saturated carbocycles. The lowest BCUT2D eigenvalue weighted by Gasteiger charge is -2.13. The minimum absolute atomic E-state index is 0.0437. The third kappa shape index (κ3) is 3.20. The van der Waals surface area contributed by atoms with Gasteiger partial charge in [0.1, 0.15) is 5.75 Å². The van der Waals surface area contributed by atoms with Gasteiger partial charge in [-0.25, -0.2) is 4.79 Å². The predicted octanol–water partition coefficient (Wildman–Crippen LogP) is 2.08. The van der Waals surface area contributed by atoms with Crippen molar-refractivity contribution in [2.24, 2.45) is 5.92 Å². The van der Waals surface area contributed by atoms with Crippen LogP contribution in [0.3, 0.4) is 0 Å². The molecule has 1 heterocycles. The molecule has 0 aromatic heterocycles. The summed E-state index contributed by atoms with van der Waals surface area (Å²) in [5.74, 6) is 1.04. The molecule has 19 heavy (non-hydrogen) atoms. The van der Waals surface area contributed by atoms with Crippen LogP contribution in [0.4, 0.5) is 5.69 Å². The van der Waals surface area contributed by atoms with E-state index in [1.807, 2.05) is 0 Å². The van der Waals surface area contributed by atoms with Crippen molar-refractivity contribution < 1.29 is 19.4 Å². The van der Waals surface area contributed by atoms with Gasteiger partial charge in [0.25, 0.3) is 0 Å². The highest BCUT2D eigenvalue weighted by molar-refractivity contribution is 7.99. The number of methoxy groups -OCH3 is 1. The minimum atomic E-state index is -1.07. The smallest absolute Gasteiger partial charge is 0.337 e. The van der Waals surface area contributed by atoms with Gasteiger partial charge in [0.15, 0.2) is 0 Å². The number of benzene rings is 1. The SMILES string of the molecule is COc1ccc(C(=O)O)c(NC(=O)C2CCSC2)c1. The van der Waals surface area contributed by atoms with Crippen LogP contribution in [0.1, 0.15) is 16.8 Å². The molecule has 1 amide bonds. The Bertz CT molecular complexity index is 497. The van der Waals surface area contributed by atoms with Gasteiger partial charge in [0.2, 0.25) is 5.91 Å². The summed E-state index contributed by atoms with van der Waals surface area (Å²) in [6, 6.07) is 4.52. The maximum atomic E-state index is 12.0. The number of hydrogen-bond acceptors (Lipinski definition) is 4. The highest BCUT2D eigenvalue weighted by Crippen LogP contribution is 2.27. The van der Waals surface area contributed by atoms with Gasteiger partial charge in [-0.2, -0.15) is 11.8 Å². The molecule has 1 saturated heterocycles. The monoisotopic (exact) mass is 281 g/mol. The van der Waals surface area contributed by atoms with E-state index in [0.717, 1.165) is 17.9 Å². The van der Waals surface area contributed by atoms with Crippen molar-refractivity contribution in [3.05, 3.63) is 23.8 Å². The van der Waals surface area contributed by atoms with E-state index in [4.69, 9.17) is 9.84 Å². The van der Waals surface area contributed by atoms with Crippen molar-refractivity contribution in [1.82, 2.24) is 0 Å². The van der Waals surface area contributed by atoms with Crippen LogP contribution in [0, 0.1) is 5.92 Å². The molecular formula is C13H15NO4S. The molecule has 0 spiro atoms. The summed E-state index contributed by atoms with van der Waals surface area (Å²) in [7, 11) is 1.50. The van der Waals surface area contributed by atoms with Crippen molar-refractivity contribution in [2.45, 2.75) is 6.42 Å². The molecular weight excluding hydrogens is 266 g/mol. The zero-order chi connectivity index (χ0) is 13.8. The van der Waals surface area contributed by atoms with Crippen molar-refractivity contribution in [3.63, 3.8) is 0 Å². The van der Waals surface area contributed by atoms with E-state index in [0.29, 0.717) is 5.75 Å². The summed E-state index contributed by atoms with van der Waals surface area (Å²) < 4.78 is 5.05. The van der Waals surface area contributed by atoms with Crippen LogP contribution in [-0.4, -0.2) is 35.6 Å². The first kappa shape index (κ1) is 13.7. The second kappa shape index (κ2) is 5.97. The minimum Gasteiger partial charge on any atom is -0.497 e. The van der Waals surface area contributed by atoms with E-state index >= 15 is 0 Å². The van der Waals surface area contributed by atoms with Crippen molar-refractivity contribution >= 4 is 29.3 Å². The molecule has 1 unspecified atom stereocenters. The molecule has 2 rings (SSSR count). The molecule has 6 heteroatoms. The van der Waals surface area contributed by atoms with Gasteiger partial charge in [-0.1, -0.05) is 0 Å². The van der Waals surface area contributed by atoms with Crippen molar-refractivity contribution in [3.8, 4) is 5.75 Å². The number of carbonyl (C=O) groups excluding carboxylic acids is 1. The highest BCUT2D eigenvalue weighted by atomic mass is 32.2. The topological polar surface area (TPSA) is 75.6 Å². The second-order valence-electron chi connectivity index (χ2n) is 4.27. The molecule has 0 radical (unpaired) electrons. The first-order valence-electron chi connectivity index (χ1n) is 5.91. The number of carbonyl (C=O) groups is 2. The number of carboxylic acid groups (broad SMARTS) is 1. The van der Waals surface area contributed by atoms with Gasteiger partial charge in [-0.15, -0.1) is 0 Å². The number of thioether (sulfide) groups is 1. The average molecular weight is 281 g/mol. The van der Waals surface area contributed by atoms with E-state index in [9.17, 15) is 9.59 Å². The fourth-order valence-corrected chi connectivity index (χ4v) is 3.14. The zero-order valence-electron chi connectivity index (χ0n) is 10.5. The lowest BCUT2D eigenvalue weighted by atomic mass is 10.1. The molecule has 1 aromatic carbocycles. The number of ether oxygens (including phenoxy) is 1. The number of anilines is 1. The first-order valence-corrected chi connectivity index (χ1v) is 7.07. The van der Waals surface area contributed by atoms with Crippen molar-refractivity contribution in [1.29, 1.82) is 0 Å². The summed E-state index contributed by atoms with van der Waals surface area (Å²) >= 11 is 1.74. The molecule has 1 aliphatic heterocycles. The Morgan fingerprint density at radius 2 is 2.26 bits per heavy atom. The lowest BCUT2D eigenvalue weighted by molar-refractivity contribution is -0.119. The maximum absolute atomic E-state index is 12.0. The number of carboxylic acids is 1. The number of hydrogen-bond donors (Lipinski definition) is 2. The number of nitrogens with one attached hydrogen (secondary N) is 1. The number of amides is 1. The Morgan fingerprint density at radius 1 is 1.47 bits per heavy atom. The Labute approximate surface area is 115 Å². The van der Waals surface area contributed by atoms with E-state index in [1.165, 1.54) is 19.2 Å². The van der Waals surface area contributed by atoms with Crippen LogP contribution < -0.4 is 10.1 Å². The van der Waals surface area contributed by atoms with Gasteiger partial charge in [-0.3, -0.25) is 4.79 Å². The molecule has 5 nitrogen and oxygen atoms in total. The van der Waals surface area contributed by atoms with Gasteiger partial charge < -0.3 is 15.2 Å². The van der Waals surface area contributed by atoms with E-state index in [2.05, 4.69) is 5.32 Å². The third-order valence-electron chi connectivity index (χ3n) is 3.02. The fraction of sp³-hybridized carbons (Fsp3) is 0.385. The van der Waals surface area contributed by atoms with E-state index in [-0.39, 0.29) is 23.1 Å². The Balaban J connectivity index is 2.21.